The quantitative estimate of drug-likeness (QED) is 0.565. The third-order valence-corrected chi connectivity index (χ3v) is 3.91. The molecule has 3 aromatic rings. The van der Waals surface area contributed by atoms with Gasteiger partial charge in [0.15, 0.2) is 0 Å². The number of nitrogens with zero attached hydrogens (tertiary/aromatic N) is 2. The SMILES string of the molecule is COc1ccc(OCCNc2cc(C(=O)Nc3ccc(F)cc3)nc(C)n2)cc1. The molecule has 2 aromatic carbocycles. The molecule has 0 saturated heterocycles. The highest BCUT2D eigenvalue weighted by Crippen LogP contribution is 2.17. The van der Waals surface area contributed by atoms with E-state index in [1.165, 1.54) is 24.3 Å². The number of halogens is 1. The van der Waals surface area contributed by atoms with Crippen LogP contribution in [0.3, 0.4) is 0 Å². The van der Waals surface area contributed by atoms with Crippen molar-refractivity contribution < 1.29 is 18.7 Å². The fraction of sp³-hybridized carbons (Fsp3) is 0.190. The van der Waals surface area contributed by atoms with Crippen LogP contribution < -0.4 is 20.1 Å². The van der Waals surface area contributed by atoms with E-state index in [1.807, 2.05) is 24.3 Å². The molecule has 0 fully saturated rings. The summed E-state index contributed by atoms with van der Waals surface area (Å²) < 4.78 is 23.7. The number of aryl methyl sites for hydroxylation is 1. The minimum Gasteiger partial charge on any atom is -0.497 e. The van der Waals surface area contributed by atoms with E-state index in [2.05, 4.69) is 20.6 Å². The molecule has 0 radical (unpaired) electrons. The summed E-state index contributed by atoms with van der Waals surface area (Å²) in [5.74, 6) is 1.68. The molecule has 0 bridgehead atoms. The smallest absolute Gasteiger partial charge is 0.274 e. The molecule has 1 amide bonds. The standard InChI is InChI=1S/C21H21FN4O3/c1-14-24-19(21(27)26-16-5-3-15(22)4-6-16)13-20(25-14)23-11-12-29-18-9-7-17(28-2)8-10-18/h3-10,13H,11-12H2,1-2H3,(H,26,27)(H,23,24,25). The fourth-order valence-electron chi connectivity index (χ4n) is 2.52. The molecule has 150 valence electrons. The summed E-state index contributed by atoms with van der Waals surface area (Å²) in [6, 6.07) is 14.4. The van der Waals surface area contributed by atoms with Crippen molar-refractivity contribution in [3.8, 4) is 11.5 Å². The highest BCUT2D eigenvalue weighted by atomic mass is 19.1. The second kappa shape index (κ2) is 9.50. The summed E-state index contributed by atoms with van der Waals surface area (Å²) in [7, 11) is 1.61. The molecule has 8 heteroatoms. The molecule has 0 aliphatic carbocycles. The van der Waals surface area contributed by atoms with Crippen LogP contribution in [-0.2, 0) is 0 Å². The minimum absolute atomic E-state index is 0.209. The second-order valence-corrected chi connectivity index (χ2v) is 6.10. The molecule has 2 N–H and O–H groups in total. The zero-order valence-electron chi connectivity index (χ0n) is 16.1. The van der Waals surface area contributed by atoms with E-state index < -0.39 is 5.91 Å². The number of hydrogen-bond donors (Lipinski definition) is 2. The van der Waals surface area contributed by atoms with Crippen molar-refractivity contribution in [1.29, 1.82) is 0 Å². The molecular formula is C21H21FN4O3. The number of carbonyl (C=O) groups excluding carboxylic acids is 1. The normalized spacial score (nSPS) is 10.3. The number of amides is 1. The van der Waals surface area contributed by atoms with Gasteiger partial charge in [-0.15, -0.1) is 0 Å². The lowest BCUT2D eigenvalue weighted by molar-refractivity contribution is 0.102. The molecular weight excluding hydrogens is 375 g/mol. The van der Waals surface area contributed by atoms with Crippen molar-refractivity contribution in [3.63, 3.8) is 0 Å². The van der Waals surface area contributed by atoms with Crippen molar-refractivity contribution in [2.75, 3.05) is 30.9 Å². The van der Waals surface area contributed by atoms with E-state index in [-0.39, 0.29) is 11.5 Å². The van der Waals surface area contributed by atoms with E-state index in [0.29, 0.717) is 30.5 Å². The Labute approximate surface area is 167 Å². The lowest BCUT2D eigenvalue weighted by Crippen LogP contribution is -2.17. The van der Waals surface area contributed by atoms with Gasteiger partial charge in [0.2, 0.25) is 0 Å². The number of ether oxygens (including phenoxy) is 2. The number of nitrogens with one attached hydrogen (secondary N) is 2. The zero-order chi connectivity index (χ0) is 20.6. The summed E-state index contributed by atoms with van der Waals surface area (Å²) in [5.41, 5.74) is 0.690. The van der Waals surface area contributed by atoms with Crippen molar-refractivity contribution >= 4 is 17.4 Å². The van der Waals surface area contributed by atoms with Gasteiger partial charge in [-0.1, -0.05) is 0 Å². The van der Waals surface area contributed by atoms with Crippen LogP contribution in [0.1, 0.15) is 16.3 Å². The van der Waals surface area contributed by atoms with Crippen molar-refractivity contribution in [2.24, 2.45) is 0 Å². The number of benzene rings is 2. The van der Waals surface area contributed by atoms with Crippen LogP contribution >= 0.6 is 0 Å². The second-order valence-electron chi connectivity index (χ2n) is 6.10. The van der Waals surface area contributed by atoms with E-state index in [1.54, 1.807) is 20.1 Å². The molecule has 1 heterocycles. The van der Waals surface area contributed by atoms with Gasteiger partial charge in [-0.2, -0.15) is 0 Å². The van der Waals surface area contributed by atoms with Crippen LogP contribution in [0.5, 0.6) is 11.5 Å². The van der Waals surface area contributed by atoms with E-state index in [9.17, 15) is 9.18 Å². The number of methoxy groups -OCH3 is 1. The Morgan fingerprint density at radius 2 is 1.72 bits per heavy atom. The van der Waals surface area contributed by atoms with Gasteiger partial charge in [-0.3, -0.25) is 4.79 Å². The van der Waals surface area contributed by atoms with Crippen molar-refractivity contribution in [3.05, 3.63) is 71.9 Å². The van der Waals surface area contributed by atoms with Gasteiger partial charge in [-0.05, 0) is 55.5 Å². The maximum atomic E-state index is 13.0. The first kappa shape index (κ1) is 20.1. The highest BCUT2D eigenvalue weighted by Gasteiger charge is 2.11. The van der Waals surface area contributed by atoms with Crippen molar-refractivity contribution in [2.45, 2.75) is 6.92 Å². The van der Waals surface area contributed by atoms with Crippen molar-refractivity contribution in [1.82, 2.24) is 9.97 Å². The summed E-state index contributed by atoms with van der Waals surface area (Å²) in [6.07, 6.45) is 0. The van der Waals surface area contributed by atoms with Gasteiger partial charge in [-0.25, -0.2) is 14.4 Å². The minimum atomic E-state index is -0.403. The lowest BCUT2D eigenvalue weighted by atomic mass is 10.3. The monoisotopic (exact) mass is 396 g/mol. The van der Waals surface area contributed by atoms with Crippen LogP contribution in [0.4, 0.5) is 15.9 Å². The summed E-state index contributed by atoms with van der Waals surface area (Å²) in [4.78, 5) is 20.9. The Hall–Kier alpha value is -3.68. The van der Waals surface area contributed by atoms with Gasteiger partial charge >= 0.3 is 0 Å². The molecule has 0 aliphatic heterocycles. The van der Waals surface area contributed by atoms with Crippen LogP contribution in [0.25, 0.3) is 0 Å². The number of carbonyl (C=O) groups is 1. The third-order valence-electron chi connectivity index (χ3n) is 3.91. The summed E-state index contributed by atoms with van der Waals surface area (Å²) >= 11 is 0. The molecule has 29 heavy (non-hydrogen) atoms. The largest absolute Gasteiger partial charge is 0.497 e. The number of anilines is 2. The average molecular weight is 396 g/mol. The Morgan fingerprint density at radius 1 is 1.03 bits per heavy atom. The Balaban J connectivity index is 1.55. The lowest BCUT2D eigenvalue weighted by Gasteiger charge is -2.10. The Bertz CT molecular complexity index is 963. The van der Waals surface area contributed by atoms with E-state index >= 15 is 0 Å². The van der Waals surface area contributed by atoms with Gasteiger partial charge in [0.05, 0.1) is 13.7 Å². The van der Waals surface area contributed by atoms with Crippen LogP contribution in [0, 0.1) is 12.7 Å². The topological polar surface area (TPSA) is 85.4 Å². The average Bonchev–Trinajstić information content (AvgIpc) is 2.73. The fourth-order valence-corrected chi connectivity index (χ4v) is 2.52. The Morgan fingerprint density at radius 3 is 2.41 bits per heavy atom. The van der Waals surface area contributed by atoms with Crippen LogP contribution in [-0.4, -0.2) is 36.1 Å². The third kappa shape index (κ3) is 5.90. The zero-order valence-corrected chi connectivity index (χ0v) is 16.1. The molecule has 0 atom stereocenters. The summed E-state index contributed by atoms with van der Waals surface area (Å²) in [5, 5.41) is 5.79. The predicted molar refractivity (Wildman–Crippen MR) is 108 cm³/mol. The first-order valence-corrected chi connectivity index (χ1v) is 8.97. The molecule has 0 spiro atoms. The highest BCUT2D eigenvalue weighted by molar-refractivity contribution is 6.03. The predicted octanol–water partition coefficient (Wildman–Crippen LogP) is 3.68. The molecule has 1 aromatic heterocycles. The van der Waals surface area contributed by atoms with Gasteiger partial charge in [0.1, 0.15) is 41.3 Å². The summed E-state index contributed by atoms with van der Waals surface area (Å²) in [6.45, 7) is 2.60. The molecule has 7 nitrogen and oxygen atoms in total. The van der Waals surface area contributed by atoms with E-state index in [4.69, 9.17) is 9.47 Å². The number of rotatable bonds is 8. The molecule has 3 rings (SSSR count). The van der Waals surface area contributed by atoms with E-state index in [0.717, 1.165) is 11.5 Å². The Kier molecular flexibility index (Phi) is 6.57. The van der Waals surface area contributed by atoms with Gasteiger partial charge in [0.25, 0.3) is 5.91 Å². The van der Waals surface area contributed by atoms with Gasteiger partial charge < -0.3 is 20.1 Å². The molecule has 0 aliphatic rings. The number of aromatic nitrogens is 2. The first-order chi connectivity index (χ1) is 14.0. The van der Waals surface area contributed by atoms with Crippen LogP contribution in [0.15, 0.2) is 54.6 Å². The number of hydrogen-bond acceptors (Lipinski definition) is 6. The maximum absolute atomic E-state index is 13.0. The molecule has 0 unspecified atom stereocenters. The first-order valence-electron chi connectivity index (χ1n) is 8.97. The van der Waals surface area contributed by atoms with Crippen LogP contribution in [0.2, 0.25) is 0 Å². The van der Waals surface area contributed by atoms with Gasteiger partial charge in [0, 0.05) is 11.8 Å². The maximum Gasteiger partial charge on any atom is 0.274 e. The molecule has 0 saturated carbocycles.